The highest BCUT2D eigenvalue weighted by atomic mass is 16.4. The van der Waals surface area contributed by atoms with Gasteiger partial charge in [-0.1, -0.05) is 38.1 Å². The van der Waals surface area contributed by atoms with Crippen molar-refractivity contribution in [3.63, 3.8) is 0 Å². The predicted molar refractivity (Wildman–Crippen MR) is 84.7 cm³/mol. The van der Waals surface area contributed by atoms with Crippen LogP contribution < -0.4 is 10.6 Å². The highest BCUT2D eigenvalue weighted by Crippen LogP contribution is 2.29. The summed E-state index contributed by atoms with van der Waals surface area (Å²) in [5.74, 6) is -0.787. The largest absolute Gasteiger partial charge is 0.480 e. The summed E-state index contributed by atoms with van der Waals surface area (Å²) in [6.07, 6.45) is 3.35. The van der Waals surface area contributed by atoms with Gasteiger partial charge in [-0.05, 0) is 42.7 Å². The predicted octanol–water partition coefficient (Wildman–Crippen LogP) is 2.86. The molecule has 0 unspecified atom stereocenters. The van der Waals surface area contributed by atoms with E-state index in [9.17, 15) is 14.7 Å². The van der Waals surface area contributed by atoms with Crippen molar-refractivity contribution in [2.24, 2.45) is 5.92 Å². The second kappa shape index (κ2) is 7.29. The first-order valence-electron chi connectivity index (χ1n) is 7.85. The van der Waals surface area contributed by atoms with Crippen LogP contribution in [0.25, 0.3) is 0 Å². The summed E-state index contributed by atoms with van der Waals surface area (Å²) in [7, 11) is 0. The van der Waals surface area contributed by atoms with Gasteiger partial charge < -0.3 is 15.7 Å². The number of amides is 2. The first kappa shape index (κ1) is 16.3. The topological polar surface area (TPSA) is 78.4 Å². The molecule has 0 heterocycles. The number of fused-ring (bicyclic) bond motifs is 1. The minimum absolute atomic E-state index is 0.0431. The fraction of sp³-hybridized carbons (Fsp3) is 0.529. The molecule has 120 valence electrons. The van der Waals surface area contributed by atoms with Gasteiger partial charge in [-0.3, -0.25) is 0 Å². The van der Waals surface area contributed by atoms with Gasteiger partial charge in [0.1, 0.15) is 6.04 Å². The summed E-state index contributed by atoms with van der Waals surface area (Å²) in [6.45, 7) is 3.87. The second-order valence-electron chi connectivity index (χ2n) is 6.28. The first-order valence-corrected chi connectivity index (χ1v) is 7.85. The number of aliphatic carboxylic acids is 1. The van der Waals surface area contributed by atoms with Gasteiger partial charge in [0.05, 0.1) is 6.04 Å². The maximum Gasteiger partial charge on any atom is 0.326 e. The van der Waals surface area contributed by atoms with Gasteiger partial charge in [0, 0.05) is 0 Å². The number of rotatable bonds is 5. The second-order valence-corrected chi connectivity index (χ2v) is 6.28. The molecule has 5 heteroatoms. The van der Waals surface area contributed by atoms with Crippen molar-refractivity contribution in [3.05, 3.63) is 35.4 Å². The Balaban J connectivity index is 1.99. The zero-order valence-electron chi connectivity index (χ0n) is 13.1. The van der Waals surface area contributed by atoms with Crippen molar-refractivity contribution in [2.45, 2.75) is 51.6 Å². The first-order chi connectivity index (χ1) is 10.5. The number of carbonyl (C=O) groups excluding carboxylic acids is 1. The molecule has 0 saturated carbocycles. The van der Waals surface area contributed by atoms with Crippen LogP contribution in [-0.2, 0) is 11.2 Å². The van der Waals surface area contributed by atoms with E-state index in [-0.39, 0.29) is 12.0 Å². The van der Waals surface area contributed by atoms with Crippen LogP contribution in [0.2, 0.25) is 0 Å². The van der Waals surface area contributed by atoms with Crippen LogP contribution in [0.3, 0.4) is 0 Å². The summed E-state index contributed by atoms with van der Waals surface area (Å²) in [4.78, 5) is 23.4. The van der Waals surface area contributed by atoms with Gasteiger partial charge in [-0.15, -0.1) is 0 Å². The zero-order chi connectivity index (χ0) is 16.1. The normalized spacial score (nSPS) is 18.4. The van der Waals surface area contributed by atoms with Crippen molar-refractivity contribution in [2.75, 3.05) is 0 Å². The molecule has 5 nitrogen and oxygen atoms in total. The van der Waals surface area contributed by atoms with Gasteiger partial charge in [0.25, 0.3) is 0 Å². The minimum atomic E-state index is -0.993. The smallest absolute Gasteiger partial charge is 0.326 e. The average Bonchev–Trinajstić information content (AvgIpc) is 2.46. The molecule has 1 aliphatic rings. The highest BCUT2D eigenvalue weighted by molar-refractivity contribution is 5.82. The van der Waals surface area contributed by atoms with E-state index in [1.807, 2.05) is 32.0 Å². The van der Waals surface area contributed by atoms with E-state index in [4.69, 9.17) is 0 Å². The van der Waals surface area contributed by atoms with Gasteiger partial charge in [-0.2, -0.15) is 0 Å². The van der Waals surface area contributed by atoms with Crippen LogP contribution in [0.1, 0.15) is 50.3 Å². The van der Waals surface area contributed by atoms with E-state index >= 15 is 0 Å². The van der Waals surface area contributed by atoms with Crippen molar-refractivity contribution in [3.8, 4) is 0 Å². The number of benzene rings is 1. The molecule has 0 aromatic heterocycles. The van der Waals surface area contributed by atoms with E-state index in [1.54, 1.807) is 0 Å². The number of carbonyl (C=O) groups is 2. The van der Waals surface area contributed by atoms with Gasteiger partial charge >= 0.3 is 12.0 Å². The minimum Gasteiger partial charge on any atom is -0.480 e. The summed E-state index contributed by atoms with van der Waals surface area (Å²) in [5.41, 5.74) is 2.40. The summed E-state index contributed by atoms with van der Waals surface area (Å²) < 4.78 is 0. The lowest BCUT2D eigenvalue weighted by Gasteiger charge is -2.27. The Labute approximate surface area is 131 Å². The average molecular weight is 304 g/mol. The number of nitrogens with one attached hydrogen (secondary N) is 2. The number of aryl methyl sites for hydroxylation is 1. The Morgan fingerprint density at radius 2 is 2.05 bits per heavy atom. The Hall–Kier alpha value is -2.04. The van der Waals surface area contributed by atoms with E-state index in [0.29, 0.717) is 6.42 Å². The molecule has 3 N–H and O–H groups in total. The molecule has 0 aliphatic heterocycles. The maximum absolute atomic E-state index is 12.1. The molecule has 2 atom stereocenters. The Morgan fingerprint density at radius 1 is 1.32 bits per heavy atom. The summed E-state index contributed by atoms with van der Waals surface area (Å²) in [6, 6.07) is 6.79. The molecule has 1 aromatic rings. The number of hydrogen-bond donors (Lipinski definition) is 3. The van der Waals surface area contributed by atoms with Gasteiger partial charge in [-0.25, -0.2) is 9.59 Å². The molecular formula is C17H24N2O3. The van der Waals surface area contributed by atoms with Crippen LogP contribution >= 0.6 is 0 Å². The summed E-state index contributed by atoms with van der Waals surface area (Å²) in [5, 5.41) is 14.7. The van der Waals surface area contributed by atoms with Crippen LogP contribution in [0.5, 0.6) is 0 Å². The van der Waals surface area contributed by atoms with Crippen molar-refractivity contribution >= 4 is 12.0 Å². The van der Waals surface area contributed by atoms with Crippen molar-refractivity contribution in [1.29, 1.82) is 0 Å². The lowest BCUT2D eigenvalue weighted by molar-refractivity contribution is -0.139. The van der Waals surface area contributed by atoms with E-state index in [2.05, 4.69) is 16.7 Å². The third-order valence-electron chi connectivity index (χ3n) is 3.99. The van der Waals surface area contributed by atoms with E-state index in [0.717, 1.165) is 24.8 Å². The monoisotopic (exact) mass is 304 g/mol. The Bertz CT molecular complexity index is 542. The quantitative estimate of drug-likeness (QED) is 0.782. The molecule has 2 rings (SSSR count). The number of urea groups is 1. The number of carboxylic acid groups (broad SMARTS) is 1. The molecule has 0 saturated heterocycles. The van der Waals surface area contributed by atoms with Crippen molar-refractivity contribution in [1.82, 2.24) is 10.6 Å². The van der Waals surface area contributed by atoms with Crippen molar-refractivity contribution < 1.29 is 14.7 Å². The van der Waals surface area contributed by atoms with Crippen LogP contribution in [0.15, 0.2) is 24.3 Å². The fourth-order valence-corrected chi connectivity index (χ4v) is 2.95. The molecule has 1 aromatic carbocycles. The van der Waals surface area contributed by atoms with Crippen LogP contribution in [0.4, 0.5) is 4.79 Å². The van der Waals surface area contributed by atoms with Crippen LogP contribution in [0, 0.1) is 5.92 Å². The lowest BCUT2D eigenvalue weighted by atomic mass is 9.88. The third-order valence-corrected chi connectivity index (χ3v) is 3.99. The molecule has 1 aliphatic carbocycles. The van der Waals surface area contributed by atoms with Gasteiger partial charge in [0.2, 0.25) is 0 Å². The molecule has 0 fully saturated rings. The summed E-state index contributed by atoms with van der Waals surface area (Å²) >= 11 is 0. The lowest BCUT2D eigenvalue weighted by Crippen LogP contribution is -2.47. The highest BCUT2D eigenvalue weighted by Gasteiger charge is 2.25. The van der Waals surface area contributed by atoms with Gasteiger partial charge in [0.15, 0.2) is 0 Å². The fourth-order valence-electron chi connectivity index (χ4n) is 2.95. The molecule has 0 radical (unpaired) electrons. The zero-order valence-corrected chi connectivity index (χ0v) is 13.1. The Kier molecular flexibility index (Phi) is 5.41. The molecule has 0 spiro atoms. The standard InChI is InChI=1S/C17H24N2O3/c1-11(2)10-15(16(20)21)19-17(22)18-14-9-5-7-12-6-3-4-8-13(12)14/h3-4,6,8,11,14-15H,5,7,9-10H2,1-2H3,(H,20,21)(H2,18,19,22)/t14-,15+/m1/s1. The number of carboxylic acids is 1. The van der Waals surface area contributed by atoms with Crippen LogP contribution in [-0.4, -0.2) is 23.1 Å². The maximum atomic E-state index is 12.1. The SMILES string of the molecule is CC(C)C[C@H](NC(=O)N[C@@H]1CCCc2ccccc21)C(=O)O. The molecule has 22 heavy (non-hydrogen) atoms. The number of hydrogen-bond acceptors (Lipinski definition) is 2. The third kappa shape index (κ3) is 4.23. The van der Waals surface area contributed by atoms with E-state index < -0.39 is 18.0 Å². The van der Waals surface area contributed by atoms with E-state index in [1.165, 1.54) is 5.56 Å². The molecule has 2 amide bonds. The molecule has 0 bridgehead atoms. The Morgan fingerprint density at radius 3 is 2.73 bits per heavy atom. The molecular weight excluding hydrogens is 280 g/mol.